The number of carbonyl (C=O) groups excluding carboxylic acids is 1. The van der Waals surface area contributed by atoms with Crippen LogP contribution in [0.4, 0.5) is 5.82 Å². The molecule has 1 amide bonds. The van der Waals surface area contributed by atoms with Crippen LogP contribution in [0.3, 0.4) is 0 Å². The lowest BCUT2D eigenvalue weighted by Gasteiger charge is -2.28. The summed E-state index contributed by atoms with van der Waals surface area (Å²) in [5, 5.41) is 2.97. The van der Waals surface area contributed by atoms with Gasteiger partial charge in [-0.3, -0.25) is 4.79 Å². The van der Waals surface area contributed by atoms with Crippen LogP contribution in [0.25, 0.3) is 0 Å². The molecule has 0 saturated carbocycles. The number of hydrogen-bond donors (Lipinski definition) is 3. The fourth-order valence-electron chi connectivity index (χ4n) is 2.30. The number of aromatic nitrogens is 1. The highest BCUT2D eigenvalue weighted by Crippen LogP contribution is 2.15. The molecule has 0 spiro atoms. The van der Waals surface area contributed by atoms with E-state index in [-0.39, 0.29) is 5.91 Å². The van der Waals surface area contributed by atoms with Crippen LogP contribution in [0.15, 0.2) is 18.3 Å². The molecule has 0 atom stereocenters. The zero-order valence-corrected chi connectivity index (χ0v) is 11.2. The zero-order valence-electron chi connectivity index (χ0n) is 11.2. The molecule has 2 heterocycles. The summed E-state index contributed by atoms with van der Waals surface area (Å²) in [6, 6.07) is 3.44. The third-order valence-electron chi connectivity index (χ3n) is 3.58. The van der Waals surface area contributed by atoms with Crippen LogP contribution in [0.1, 0.15) is 23.2 Å². The summed E-state index contributed by atoms with van der Waals surface area (Å²) >= 11 is 0. The second-order valence-corrected chi connectivity index (χ2v) is 5.00. The first-order valence-electron chi connectivity index (χ1n) is 6.59. The van der Waals surface area contributed by atoms with Crippen molar-refractivity contribution < 1.29 is 4.79 Å². The lowest BCUT2D eigenvalue weighted by molar-refractivity contribution is 0.0939. The van der Waals surface area contributed by atoms with Gasteiger partial charge in [0, 0.05) is 12.7 Å². The Bertz CT molecular complexity index is 429. The summed E-state index contributed by atoms with van der Waals surface area (Å²) in [5.74, 6) is 6.19. The van der Waals surface area contributed by atoms with Crippen LogP contribution in [-0.4, -0.2) is 42.5 Å². The fourth-order valence-corrected chi connectivity index (χ4v) is 2.30. The summed E-state index contributed by atoms with van der Waals surface area (Å²) < 4.78 is 0. The Morgan fingerprint density at radius 2 is 2.26 bits per heavy atom. The van der Waals surface area contributed by atoms with Crippen molar-refractivity contribution in [3.63, 3.8) is 0 Å². The maximum Gasteiger partial charge on any atom is 0.255 e. The molecule has 1 fully saturated rings. The van der Waals surface area contributed by atoms with Crippen LogP contribution < -0.4 is 16.6 Å². The van der Waals surface area contributed by atoms with Crippen LogP contribution in [0.5, 0.6) is 0 Å². The molecule has 0 radical (unpaired) electrons. The van der Waals surface area contributed by atoms with E-state index in [1.807, 2.05) is 0 Å². The van der Waals surface area contributed by atoms with E-state index in [0.29, 0.717) is 23.8 Å². The molecule has 1 aromatic heterocycles. The molecule has 0 aliphatic carbocycles. The molecule has 104 valence electrons. The van der Waals surface area contributed by atoms with Crippen LogP contribution in [0, 0.1) is 5.92 Å². The Hall–Kier alpha value is -1.66. The molecule has 2 rings (SSSR count). The van der Waals surface area contributed by atoms with Gasteiger partial charge in [-0.05, 0) is 51.0 Å². The predicted octanol–water partition coefficient (Wildman–Crippen LogP) is 0.439. The third kappa shape index (κ3) is 3.65. The molecule has 0 unspecified atom stereocenters. The Labute approximate surface area is 113 Å². The molecule has 4 N–H and O–H groups in total. The molecular formula is C13H21N5O. The molecular weight excluding hydrogens is 242 g/mol. The van der Waals surface area contributed by atoms with E-state index < -0.39 is 0 Å². The minimum Gasteiger partial charge on any atom is -0.352 e. The maximum atomic E-state index is 12.1. The van der Waals surface area contributed by atoms with Gasteiger partial charge >= 0.3 is 0 Å². The highest BCUT2D eigenvalue weighted by molar-refractivity contribution is 5.98. The van der Waals surface area contributed by atoms with Crippen molar-refractivity contribution in [2.24, 2.45) is 11.8 Å². The normalized spacial score (nSPS) is 17.2. The maximum absolute atomic E-state index is 12.1. The average Bonchev–Trinajstić information content (AvgIpc) is 2.46. The number of nitrogens with zero attached hydrogens (tertiary/aromatic N) is 2. The Morgan fingerprint density at radius 3 is 2.95 bits per heavy atom. The van der Waals surface area contributed by atoms with Crippen molar-refractivity contribution in [3.8, 4) is 0 Å². The molecule has 1 saturated heterocycles. The number of nitrogens with two attached hydrogens (primary N) is 1. The smallest absolute Gasteiger partial charge is 0.255 e. The van der Waals surface area contributed by atoms with Gasteiger partial charge in [-0.25, -0.2) is 10.8 Å². The number of rotatable bonds is 4. The fraction of sp³-hybridized carbons (Fsp3) is 0.538. The summed E-state index contributed by atoms with van der Waals surface area (Å²) in [6.45, 7) is 2.91. The average molecular weight is 263 g/mol. The molecule has 6 nitrogen and oxygen atoms in total. The number of nitrogens with one attached hydrogen (secondary N) is 2. The minimum absolute atomic E-state index is 0.125. The first kappa shape index (κ1) is 13.8. The van der Waals surface area contributed by atoms with Gasteiger partial charge in [-0.2, -0.15) is 0 Å². The number of anilines is 1. The number of likely N-dealkylation sites (tertiary alicyclic amines) is 1. The lowest BCUT2D eigenvalue weighted by Crippen LogP contribution is -2.37. The highest BCUT2D eigenvalue weighted by atomic mass is 16.1. The second kappa shape index (κ2) is 6.49. The zero-order chi connectivity index (χ0) is 13.7. The van der Waals surface area contributed by atoms with Gasteiger partial charge in [0.05, 0.1) is 5.56 Å². The van der Waals surface area contributed by atoms with E-state index in [9.17, 15) is 4.79 Å². The van der Waals surface area contributed by atoms with E-state index in [4.69, 9.17) is 5.84 Å². The van der Waals surface area contributed by atoms with Crippen molar-refractivity contribution in [2.45, 2.75) is 12.8 Å². The lowest BCUT2D eigenvalue weighted by atomic mass is 9.97. The Morgan fingerprint density at radius 1 is 1.53 bits per heavy atom. The van der Waals surface area contributed by atoms with Crippen LogP contribution in [-0.2, 0) is 0 Å². The van der Waals surface area contributed by atoms with E-state index in [0.717, 1.165) is 25.9 Å². The third-order valence-corrected chi connectivity index (χ3v) is 3.58. The van der Waals surface area contributed by atoms with Crippen molar-refractivity contribution >= 4 is 11.7 Å². The molecule has 0 aromatic carbocycles. The molecule has 0 bridgehead atoms. The van der Waals surface area contributed by atoms with Gasteiger partial charge in [0.1, 0.15) is 0 Å². The number of amides is 1. The topological polar surface area (TPSA) is 83.3 Å². The number of hydrazine groups is 1. The van der Waals surface area contributed by atoms with Gasteiger partial charge < -0.3 is 15.6 Å². The van der Waals surface area contributed by atoms with E-state index in [1.54, 1.807) is 18.3 Å². The number of nitrogen functional groups attached to an aromatic ring is 1. The van der Waals surface area contributed by atoms with Gasteiger partial charge in [0.2, 0.25) is 0 Å². The highest BCUT2D eigenvalue weighted by Gasteiger charge is 2.18. The Kier molecular flexibility index (Phi) is 4.70. The molecule has 1 aromatic rings. The van der Waals surface area contributed by atoms with Crippen LogP contribution >= 0.6 is 0 Å². The SMILES string of the molecule is CN1CCC(CNC(=O)c2cccnc2NN)CC1. The van der Waals surface area contributed by atoms with Crippen molar-refractivity contribution in [1.82, 2.24) is 15.2 Å². The van der Waals surface area contributed by atoms with Gasteiger partial charge in [0.15, 0.2) is 5.82 Å². The summed E-state index contributed by atoms with van der Waals surface area (Å²) in [6.07, 6.45) is 3.86. The molecule has 1 aliphatic rings. The number of carbonyl (C=O) groups is 1. The first-order chi connectivity index (χ1) is 9.20. The standard InChI is InChI=1S/C13H21N5O/c1-18-7-4-10(5-8-18)9-16-13(19)11-3-2-6-15-12(11)17-14/h2-3,6,10H,4-5,7-9,14H2,1H3,(H,15,17)(H,16,19). The van der Waals surface area contributed by atoms with E-state index in [2.05, 4.69) is 27.7 Å². The quantitative estimate of drug-likeness (QED) is 0.542. The van der Waals surface area contributed by atoms with Gasteiger partial charge in [-0.1, -0.05) is 0 Å². The molecule has 19 heavy (non-hydrogen) atoms. The number of piperidine rings is 1. The first-order valence-corrected chi connectivity index (χ1v) is 6.59. The molecule has 6 heteroatoms. The predicted molar refractivity (Wildman–Crippen MR) is 74.6 cm³/mol. The summed E-state index contributed by atoms with van der Waals surface area (Å²) in [4.78, 5) is 18.4. The molecule has 1 aliphatic heterocycles. The largest absolute Gasteiger partial charge is 0.352 e. The second-order valence-electron chi connectivity index (χ2n) is 5.00. The summed E-state index contributed by atoms with van der Waals surface area (Å²) in [7, 11) is 2.13. The van der Waals surface area contributed by atoms with Gasteiger partial charge in [0.25, 0.3) is 5.91 Å². The van der Waals surface area contributed by atoms with Crippen LogP contribution in [0.2, 0.25) is 0 Å². The monoisotopic (exact) mass is 263 g/mol. The van der Waals surface area contributed by atoms with Crippen molar-refractivity contribution in [3.05, 3.63) is 23.9 Å². The Balaban J connectivity index is 1.87. The van der Waals surface area contributed by atoms with Crippen molar-refractivity contribution in [1.29, 1.82) is 0 Å². The minimum atomic E-state index is -0.125. The number of pyridine rings is 1. The van der Waals surface area contributed by atoms with Gasteiger partial charge in [-0.15, -0.1) is 0 Å². The van der Waals surface area contributed by atoms with E-state index in [1.165, 1.54) is 0 Å². The van der Waals surface area contributed by atoms with Crippen molar-refractivity contribution in [2.75, 3.05) is 32.1 Å². The summed E-state index contributed by atoms with van der Waals surface area (Å²) in [5.41, 5.74) is 2.93. The van der Waals surface area contributed by atoms with E-state index >= 15 is 0 Å². The number of hydrogen-bond acceptors (Lipinski definition) is 5.